The van der Waals surface area contributed by atoms with Gasteiger partial charge in [0, 0.05) is 30.9 Å². The number of benzene rings is 1. The van der Waals surface area contributed by atoms with Crippen LogP contribution in [0.4, 0.5) is 0 Å². The van der Waals surface area contributed by atoms with E-state index in [0.717, 1.165) is 24.4 Å². The highest BCUT2D eigenvalue weighted by Gasteiger charge is 2.01. The standard InChI is InChI=1S/C15H17N3/c1-2-15-17-9-10-18(15)12-14-6-3-5-13(11-14)7-4-8-16/h3,5-6,9-11H,2,8,12,16H2,1H3. The van der Waals surface area contributed by atoms with Crippen molar-refractivity contribution in [2.45, 2.75) is 19.9 Å². The van der Waals surface area contributed by atoms with E-state index in [1.165, 1.54) is 5.56 Å². The molecule has 0 fully saturated rings. The summed E-state index contributed by atoms with van der Waals surface area (Å²) in [7, 11) is 0. The Balaban J connectivity index is 2.19. The van der Waals surface area contributed by atoms with Crippen LogP contribution in [0.15, 0.2) is 36.7 Å². The Labute approximate surface area is 108 Å². The molecule has 0 saturated heterocycles. The van der Waals surface area contributed by atoms with Crippen LogP contribution in [0.1, 0.15) is 23.9 Å². The van der Waals surface area contributed by atoms with E-state index in [1.807, 2.05) is 24.5 Å². The average Bonchev–Trinajstić information content (AvgIpc) is 2.84. The van der Waals surface area contributed by atoms with Gasteiger partial charge in [-0.15, -0.1) is 0 Å². The summed E-state index contributed by atoms with van der Waals surface area (Å²) in [5.41, 5.74) is 7.61. The van der Waals surface area contributed by atoms with E-state index in [2.05, 4.69) is 40.4 Å². The smallest absolute Gasteiger partial charge is 0.108 e. The van der Waals surface area contributed by atoms with E-state index in [9.17, 15) is 0 Å². The minimum atomic E-state index is 0.395. The van der Waals surface area contributed by atoms with E-state index in [4.69, 9.17) is 5.73 Å². The lowest BCUT2D eigenvalue weighted by Gasteiger charge is -2.06. The third-order valence-corrected chi connectivity index (χ3v) is 2.73. The molecule has 0 radical (unpaired) electrons. The van der Waals surface area contributed by atoms with E-state index in [0.29, 0.717) is 6.54 Å². The SMILES string of the molecule is CCc1nccn1Cc1cccc(C#CCN)c1. The summed E-state index contributed by atoms with van der Waals surface area (Å²) in [5, 5.41) is 0. The van der Waals surface area contributed by atoms with Gasteiger partial charge in [-0.1, -0.05) is 30.9 Å². The fraction of sp³-hybridized carbons (Fsp3) is 0.267. The molecule has 18 heavy (non-hydrogen) atoms. The van der Waals surface area contributed by atoms with Crippen molar-refractivity contribution in [2.75, 3.05) is 6.54 Å². The number of nitrogens with two attached hydrogens (primary N) is 1. The maximum atomic E-state index is 5.38. The Morgan fingerprint density at radius 1 is 1.39 bits per heavy atom. The molecule has 0 saturated carbocycles. The molecule has 2 aromatic rings. The highest BCUT2D eigenvalue weighted by atomic mass is 15.1. The normalized spacial score (nSPS) is 9.89. The van der Waals surface area contributed by atoms with Gasteiger partial charge in [-0.05, 0) is 17.7 Å². The topological polar surface area (TPSA) is 43.8 Å². The third kappa shape index (κ3) is 2.99. The Morgan fingerprint density at radius 3 is 3.06 bits per heavy atom. The zero-order valence-corrected chi connectivity index (χ0v) is 10.6. The van der Waals surface area contributed by atoms with E-state index in [1.54, 1.807) is 0 Å². The molecule has 2 rings (SSSR count). The number of rotatable bonds is 3. The van der Waals surface area contributed by atoms with Crippen molar-refractivity contribution in [3.63, 3.8) is 0 Å². The van der Waals surface area contributed by atoms with Gasteiger partial charge in [0.2, 0.25) is 0 Å². The van der Waals surface area contributed by atoms with Crippen LogP contribution in [0.3, 0.4) is 0 Å². The molecule has 1 aromatic heterocycles. The van der Waals surface area contributed by atoms with Crippen LogP contribution in [0.5, 0.6) is 0 Å². The Bertz CT molecular complexity index is 573. The maximum absolute atomic E-state index is 5.38. The van der Waals surface area contributed by atoms with Crippen molar-refractivity contribution in [3.8, 4) is 11.8 Å². The first-order chi connectivity index (χ1) is 8.83. The quantitative estimate of drug-likeness (QED) is 0.830. The van der Waals surface area contributed by atoms with Crippen LogP contribution in [0.2, 0.25) is 0 Å². The molecular formula is C15H17N3. The zero-order valence-electron chi connectivity index (χ0n) is 10.6. The van der Waals surface area contributed by atoms with Crippen molar-refractivity contribution in [2.24, 2.45) is 5.73 Å². The van der Waals surface area contributed by atoms with Crippen LogP contribution >= 0.6 is 0 Å². The van der Waals surface area contributed by atoms with Crippen LogP contribution in [0, 0.1) is 11.8 Å². The number of hydrogen-bond acceptors (Lipinski definition) is 2. The summed E-state index contributed by atoms with van der Waals surface area (Å²) in [4.78, 5) is 4.32. The Hall–Kier alpha value is -2.05. The van der Waals surface area contributed by atoms with E-state index < -0.39 is 0 Å². The highest BCUT2D eigenvalue weighted by molar-refractivity contribution is 5.37. The van der Waals surface area contributed by atoms with Crippen LogP contribution in [-0.4, -0.2) is 16.1 Å². The largest absolute Gasteiger partial charge is 0.331 e. The first-order valence-corrected chi connectivity index (χ1v) is 6.11. The summed E-state index contributed by atoms with van der Waals surface area (Å²) in [6.07, 6.45) is 4.80. The number of nitrogens with zero attached hydrogens (tertiary/aromatic N) is 2. The minimum absolute atomic E-state index is 0.395. The third-order valence-electron chi connectivity index (χ3n) is 2.73. The van der Waals surface area contributed by atoms with Gasteiger partial charge >= 0.3 is 0 Å². The molecule has 0 aliphatic rings. The summed E-state index contributed by atoms with van der Waals surface area (Å²) >= 11 is 0. The number of hydrogen-bond donors (Lipinski definition) is 1. The first kappa shape index (κ1) is 12.4. The Kier molecular flexibility index (Phi) is 4.16. The summed E-state index contributed by atoms with van der Waals surface area (Å²) < 4.78 is 2.16. The molecule has 3 heteroatoms. The lowest BCUT2D eigenvalue weighted by atomic mass is 10.1. The highest BCUT2D eigenvalue weighted by Crippen LogP contribution is 2.08. The van der Waals surface area contributed by atoms with Crippen molar-refractivity contribution < 1.29 is 0 Å². The van der Waals surface area contributed by atoms with Crippen LogP contribution < -0.4 is 5.73 Å². The molecule has 0 spiro atoms. The molecule has 0 aliphatic heterocycles. The van der Waals surface area contributed by atoms with Gasteiger partial charge in [-0.25, -0.2) is 4.98 Å². The molecule has 0 unspecified atom stereocenters. The second-order valence-corrected chi connectivity index (χ2v) is 4.03. The molecule has 0 aliphatic carbocycles. The molecular weight excluding hydrogens is 222 g/mol. The second-order valence-electron chi connectivity index (χ2n) is 4.03. The maximum Gasteiger partial charge on any atom is 0.108 e. The number of imidazole rings is 1. The summed E-state index contributed by atoms with van der Waals surface area (Å²) in [6, 6.07) is 8.23. The fourth-order valence-electron chi connectivity index (χ4n) is 1.90. The first-order valence-electron chi connectivity index (χ1n) is 6.11. The van der Waals surface area contributed by atoms with Crippen LogP contribution in [-0.2, 0) is 13.0 Å². The molecule has 0 amide bonds. The van der Waals surface area contributed by atoms with Gasteiger partial charge in [0.1, 0.15) is 5.82 Å². The van der Waals surface area contributed by atoms with Gasteiger partial charge in [0.15, 0.2) is 0 Å². The van der Waals surface area contributed by atoms with Crippen molar-refractivity contribution in [1.82, 2.24) is 9.55 Å². The van der Waals surface area contributed by atoms with Gasteiger partial charge < -0.3 is 10.3 Å². The molecule has 92 valence electrons. The van der Waals surface area contributed by atoms with Gasteiger partial charge in [0.25, 0.3) is 0 Å². The molecule has 3 nitrogen and oxygen atoms in total. The molecule has 1 heterocycles. The predicted octanol–water partition coefficient (Wildman–Crippen LogP) is 1.80. The minimum Gasteiger partial charge on any atom is -0.331 e. The van der Waals surface area contributed by atoms with E-state index in [-0.39, 0.29) is 0 Å². The molecule has 0 bridgehead atoms. The van der Waals surface area contributed by atoms with Gasteiger partial charge in [0.05, 0.1) is 6.54 Å². The Morgan fingerprint density at radius 2 is 2.28 bits per heavy atom. The van der Waals surface area contributed by atoms with Gasteiger partial charge in [-0.2, -0.15) is 0 Å². The molecule has 2 N–H and O–H groups in total. The van der Waals surface area contributed by atoms with Crippen LogP contribution in [0.25, 0.3) is 0 Å². The summed E-state index contributed by atoms with van der Waals surface area (Å²) in [5.74, 6) is 7.03. The van der Waals surface area contributed by atoms with E-state index >= 15 is 0 Å². The van der Waals surface area contributed by atoms with Crippen molar-refractivity contribution in [1.29, 1.82) is 0 Å². The fourth-order valence-corrected chi connectivity index (χ4v) is 1.90. The number of aryl methyl sites for hydroxylation is 1. The number of aromatic nitrogens is 2. The summed E-state index contributed by atoms with van der Waals surface area (Å²) in [6.45, 7) is 3.34. The lowest BCUT2D eigenvalue weighted by molar-refractivity contribution is 0.732. The second kappa shape index (κ2) is 6.04. The van der Waals surface area contributed by atoms with Gasteiger partial charge in [-0.3, -0.25) is 0 Å². The van der Waals surface area contributed by atoms with Crippen molar-refractivity contribution in [3.05, 3.63) is 53.6 Å². The van der Waals surface area contributed by atoms with Crippen molar-refractivity contribution >= 4 is 0 Å². The predicted molar refractivity (Wildman–Crippen MR) is 73.1 cm³/mol. The average molecular weight is 239 g/mol. The molecule has 1 aromatic carbocycles. The lowest BCUT2D eigenvalue weighted by Crippen LogP contribution is -2.03. The molecule has 0 atom stereocenters. The zero-order chi connectivity index (χ0) is 12.8. The monoisotopic (exact) mass is 239 g/mol.